The molecule has 9 heteroatoms. The number of hydrogen-bond donors (Lipinski definition) is 1. The van der Waals surface area contributed by atoms with Gasteiger partial charge in [-0.05, 0) is 80.4 Å². The maximum atomic E-state index is 13.0. The third kappa shape index (κ3) is 4.79. The van der Waals surface area contributed by atoms with Crippen molar-refractivity contribution in [1.82, 2.24) is 14.4 Å². The van der Waals surface area contributed by atoms with Crippen molar-refractivity contribution in [3.63, 3.8) is 0 Å². The van der Waals surface area contributed by atoms with E-state index in [1.807, 2.05) is 36.6 Å². The highest BCUT2D eigenvalue weighted by Crippen LogP contribution is 2.34. The molecule has 3 heterocycles. The fraction of sp³-hybridized carbons (Fsp3) is 0.360. The van der Waals surface area contributed by atoms with Crippen LogP contribution in [0.4, 0.5) is 4.79 Å². The topological polar surface area (TPSA) is 106 Å². The Morgan fingerprint density at radius 2 is 1.68 bits per heavy atom. The predicted molar refractivity (Wildman–Crippen MR) is 131 cm³/mol. The van der Waals surface area contributed by atoms with Crippen LogP contribution in [0.25, 0.3) is 11.8 Å². The van der Waals surface area contributed by atoms with Crippen LogP contribution in [-0.4, -0.2) is 57.0 Å². The number of carbonyl (C=O) groups is 4. The average molecular weight is 481 g/mol. The second-order valence-corrected chi connectivity index (χ2v) is 9.63. The molecular weight excluding hydrogens is 452 g/mol. The lowest BCUT2D eigenvalue weighted by molar-refractivity contribution is -0.135. The molecule has 34 heavy (non-hydrogen) atoms. The molecular formula is C25H28N4O4S. The van der Waals surface area contributed by atoms with E-state index in [9.17, 15) is 19.2 Å². The van der Waals surface area contributed by atoms with Gasteiger partial charge in [0.1, 0.15) is 6.54 Å². The van der Waals surface area contributed by atoms with E-state index < -0.39 is 17.1 Å². The number of imide groups is 1. The van der Waals surface area contributed by atoms with Crippen LogP contribution in [0.5, 0.6) is 0 Å². The fourth-order valence-electron chi connectivity index (χ4n) is 4.44. The van der Waals surface area contributed by atoms with Crippen molar-refractivity contribution in [2.24, 2.45) is 5.73 Å². The number of benzene rings is 1. The summed E-state index contributed by atoms with van der Waals surface area (Å²) in [6, 6.07) is 8.90. The first-order valence-corrected chi connectivity index (χ1v) is 12.2. The molecule has 8 nitrogen and oxygen atoms in total. The highest BCUT2D eigenvalue weighted by atomic mass is 32.2. The van der Waals surface area contributed by atoms with Gasteiger partial charge in [-0.25, -0.2) is 0 Å². The first-order chi connectivity index (χ1) is 16.3. The number of nitrogens with zero attached hydrogens (tertiary/aromatic N) is 3. The highest BCUT2D eigenvalue weighted by molar-refractivity contribution is 8.18. The Labute approximate surface area is 202 Å². The van der Waals surface area contributed by atoms with Gasteiger partial charge in [0.15, 0.2) is 0 Å². The Hall–Kier alpha value is -3.33. The van der Waals surface area contributed by atoms with Gasteiger partial charge in [-0.2, -0.15) is 0 Å². The Morgan fingerprint density at radius 3 is 2.29 bits per heavy atom. The number of nitrogens with two attached hydrogens (primary N) is 1. The molecule has 2 fully saturated rings. The number of hydrogen-bond acceptors (Lipinski definition) is 5. The molecule has 4 amide bonds. The van der Waals surface area contributed by atoms with E-state index in [2.05, 4.69) is 0 Å². The van der Waals surface area contributed by atoms with E-state index >= 15 is 0 Å². The molecule has 1 aromatic carbocycles. The minimum absolute atomic E-state index is 0.178. The molecule has 0 unspecified atom stereocenters. The van der Waals surface area contributed by atoms with Gasteiger partial charge in [0.05, 0.1) is 4.91 Å². The van der Waals surface area contributed by atoms with Crippen molar-refractivity contribution < 1.29 is 19.2 Å². The maximum absolute atomic E-state index is 13.0. The largest absolute Gasteiger partial charge is 0.366 e. The van der Waals surface area contributed by atoms with Crippen LogP contribution in [0, 0.1) is 13.8 Å². The Kier molecular flexibility index (Phi) is 6.92. The van der Waals surface area contributed by atoms with Gasteiger partial charge in [0.2, 0.25) is 11.8 Å². The normalized spacial score (nSPS) is 18.0. The van der Waals surface area contributed by atoms with Gasteiger partial charge in [-0.3, -0.25) is 24.1 Å². The van der Waals surface area contributed by atoms with Gasteiger partial charge in [0.25, 0.3) is 11.1 Å². The summed E-state index contributed by atoms with van der Waals surface area (Å²) in [5.74, 6) is -1.10. The Morgan fingerprint density at radius 1 is 1.03 bits per heavy atom. The molecule has 0 radical (unpaired) electrons. The molecule has 1 aromatic heterocycles. The number of aromatic nitrogens is 1. The zero-order valence-electron chi connectivity index (χ0n) is 19.4. The molecule has 4 rings (SSSR count). The summed E-state index contributed by atoms with van der Waals surface area (Å²) in [6.45, 7) is 5.01. The van der Waals surface area contributed by atoms with Crippen LogP contribution in [-0.2, 0) is 9.59 Å². The zero-order chi connectivity index (χ0) is 24.4. The van der Waals surface area contributed by atoms with Crippen molar-refractivity contribution in [1.29, 1.82) is 0 Å². The van der Waals surface area contributed by atoms with Crippen molar-refractivity contribution in [2.45, 2.75) is 39.5 Å². The van der Waals surface area contributed by atoms with Crippen LogP contribution < -0.4 is 5.73 Å². The summed E-state index contributed by atoms with van der Waals surface area (Å²) in [4.78, 5) is 52.7. The van der Waals surface area contributed by atoms with Crippen LogP contribution in [0.1, 0.15) is 53.0 Å². The maximum Gasteiger partial charge on any atom is 0.294 e. The Bertz CT molecular complexity index is 1170. The lowest BCUT2D eigenvalue weighted by atomic mass is 10.2. The summed E-state index contributed by atoms with van der Waals surface area (Å²) in [7, 11) is 0. The van der Waals surface area contributed by atoms with Gasteiger partial charge >= 0.3 is 0 Å². The highest BCUT2D eigenvalue weighted by Gasteiger charge is 2.37. The van der Waals surface area contributed by atoms with Gasteiger partial charge in [-0.1, -0.05) is 12.8 Å². The summed E-state index contributed by atoms with van der Waals surface area (Å²) in [6.07, 6.45) is 5.81. The first-order valence-electron chi connectivity index (χ1n) is 11.4. The van der Waals surface area contributed by atoms with E-state index in [1.54, 1.807) is 23.1 Å². The fourth-order valence-corrected chi connectivity index (χ4v) is 5.27. The van der Waals surface area contributed by atoms with Crippen molar-refractivity contribution in [3.05, 3.63) is 57.8 Å². The van der Waals surface area contributed by atoms with E-state index in [4.69, 9.17) is 5.73 Å². The van der Waals surface area contributed by atoms with E-state index in [1.165, 1.54) is 0 Å². The zero-order valence-corrected chi connectivity index (χ0v) is 20.2. The molecule has 2 N–H and O–H groups in total. The minimum atomic E-state index is -0.488. The van der Waals surface area contributed by atoms with Crippen LogP contribution >= 0.6 is 11.8 Å². The summed E-state index contributed by atoms with van der Waals surface area (Å²) in [5, 5.41) is -0.421. The molecule has 0 aliphatic carbocycles. The SMILES string of the molecule is Cc1cc(C=C2SC(=O)N(CC(=O)N3CCCCCC3)C2=O)c(C)n1-c1ccc(C(N)=O)cc1. The Balaban J connectivity index is 1.53. The first kappa shape index (κ1) is 23.8. The van der Waals surface area contributed by atoms with Crippen LogP contribution in [0.15, 0.2) is 35.2 Å². The second-order valence-electron chi connectivity index (χ2n) is 8.64. The van der Waals surface area contributed by atoms with Crippen LogP contribution in [0.3, 0.4) is 0 Å². The summed E-state index contributed by atoms with van der Waals surface area (Å²) < 4.78 is 2.00. The molecule has 2 aliphatic heterocycles. The number of rotatable bonds is 5. The van der Waals surface area contributed by atoms with E-state index in [0.29, 0.717) is 23.6 Å². The summed E-state index contributed by atoms with van der Waals surface area (Å²) >= 11 is 0.861. The molecule has 0 saturated carbocycles. The molecule has 178 valence electrons. The monoisotopic (exact) mass is 480 g/mol. The number of likely N-dealkylation sites (tertiary alicyclic amines) is 1. The van der Waals surface area contributed by atoms with Crippen molar-refractivity contribution >= 4 is 40.8 Å². The lowest BCUT2D eigenvalue weighted by Gasteiger charge is -2.22. The predicted octanol–water partition coefficient (Wildman–Crippen LogP) is 3.63. The molecule has 0 spiro atoms. The lowest BCUT2D eigenvalue weighted by Crippen LogP contribution is -2.42. The number of thioether (sulfide) groups is 1. The van der Waals surface area contributed by atoms with Gasteiger partial charge < -0.3 is 15.2 Å². The molecule has 2 aliphatic rings. The van der Waals surface area contributed by atoms with E-state index in [-0.39, 0.29) is 12.5 Å². The third-order valence-corrected chi connectivity index (χ3v) is 7.20. The smallest absolute Gasteiger partial charge is 0.294 e. The number of carbonyl (C=O) groups excluding carboxylic acids is 4. The number of primary amides is 1. The number of amides is 4. The van der Waals surface area contributed by atoms with Crippen molar-refractivity contribution in [3.8, 4) is 5.69 Å². The van der Waals surface area contributed by atoms with Crippen molar-refractivity contribution in [2.75, 3.05) is 19.6 Å². The van der Waals surface area contributed by atoms with Crippen LogP contribution in [0.2, 0.25) is 0 Å². The minimum Gasteiger partial charge on any atom is -0.366 e. The standard InChI is InChI=1S/C25H28N4O4S/c1-16-13-19(17(2)29(16)20-9-7-18(8-10-20)23(26)31)14-21-24(32)28(25(33)34-21)15-22(30)27-11-5-3-4-6-12-27/h7-10,13-14H,3-6,11-12,15H2,1-2H3,(H2,26,31). The van der Waals surface area contributed by atoms with Gasteiger partial charge in [0, 0.05) is 35.7 Å². The molecule has 2 saturated heterocycles. The second kappa shape index (κ2) is 9.89. The summed E-state index contributed by atoms with van der Waals surface area (Å²) in [5.41, 5.74) is 9.24. The molecule has 0 bridgehead atoms. The number of aryl methyl sites for hydroxylation is 1. The van der Waals surface area contributed by atoms with E-state index in [0.717, 1.165) is 65.0 Å². The average Bonchev–Trinajstić information content (AvgIpc) is 3.09. The third-order valence-electron chi connectivity index (χ3n) is 6.29. The quantitative estimate of drug-likeness (QED) is 0.658. The van der Waals surface area contributed by atoms with Gasteiger partial charge in [-0.15, -0.1) is 0 Å². The molecule has 2 aromatic rings. The molecule has 0 atom stereocenters.